The lowest BCUT2D eigenvalue weighted by molar-refractivity contribution is 0.102. The van der Waals surface area contributed by atoms with Crippen LogP contribution in [-0.2, 0) is 0 Å². The molecule has 0 spiro atoms. The van der Waals surface area contributed by atoms with E-state index in [4.69, 9.17) is 0 Å². The number of benzene rings is 2. The lowest BCUT2D eigenvalue weighted by Gasteiger charge is -2.29. The summed E-state index contributed by atoms with van der Waals surface area (Å²) in [5.41, 5.74) is 0.377. The Kier molecular flexibility index (Phi) is 4.12. The number of rotatable bonds is 3. The normalized spacial score (nSPS) is 17.3. The summed E-state index contributed by atoms with van der Waals surface area (Å²) in [6.07, 6.45) is 0. The van der Waals surface area contributed by atoms with Gasteiger partial charge in [-0.15, -0.1) is 0 Å². The molecule has 1 aliphatic heterocycles. The SMILES string of the molecule is CC1=C(C(=O)c2ccccc2)[C@H](c2c(F)cccc2F)NC(=O)N1. The van der Waals surface area contributed by atoms with Gasteiger partial charge in [0.05, 0.1) is 11.6 Å². The molecule has 1 atom stereocenters. The minimum absolute atomic E-state index is 0.102. The van der Waals surface area contributed by atoms with Gasteiger partial charge in [0.25, 0.3) is 0 Å². The molecule has 4 nitrogen and oxygen atoms in total. The summed E-state index contributed by atoms with van der Waals surface area (Å²) in [6.45, 7) is 1.53. The highest BCUT2D eigenvalue weighted by Crippen LogP contribution is 2.32. The Hall–Kier alpha value is -3.02. The van der Waals surface area contributed by atoms with Crippen LogP contribution in [0.25, 0.3) is 0 Å². The van der Waals surface area contributed by atoms with Gasteiger partial charge in [0.1, 0.15) is 11.6 Å². The Balaban J connectivity index is 2.15. The molecule has 24 heavy (non-hydrogen) atoms. The number of urea groups is 1. The molecular weight excluding hydrogens is 314 g/mol. The fourth-order valence-electron chi connectivity index (χ4n) is 2.74. The fraction of sp³-hybridized carbons (Fsp3) is 0.111. The number of Topliss-reactive ketones (excluding diaryl/α,β-unsaturated/α-hetero) is 1. The van der Waals surface area contributed by atoms with Crippen molar-refractivity contribution in [2.75, 3.05) is 0 Å². The van der Waals surface area contributed by atoms with E-state index in [-0.39, 0.29) is 16.8 Å². The van der Waals surface area contributed by atoms with E-state index in [1.54, 1.807) is 30.3 Å². The maximum absolute atomic E-state index is 14.2. The molecule has 2 aromatic carbocycles. The average molecular weight is 328 g/mol. The summed E-state index contributed by atoms with van der Waals surface area (Å²) < 4.78 is 28.4. The van der Waals surface area contributed by atoms with E-state index in [0.29, 0.717) is 5.56 Å². The maximum atomic E-state index is 14.2. The Morgan fingerprint density at radius 1 is 1.00 bits per heavy atom. The molecule has 0 fully saturated rings. The first kappa shape index (κ1) is 15.9. The zero-order chi connectivity index (χ0) is 17.3. The van der Waals surface area contributed by atoms with Crippen molar-refractivity contribution in [1.29, 1.82) is 0 Å². The Labute approximate surface area is 137 Å². The van der Waals surface area contributed by atoms with Crippen molar-refractivity contribution in [3.05, 3.63) is 82.6 Å². The van der Waals surface area contributed by atoms with Crippen LogP contribution in [0.3, 0.4) is 0 Å². The molecule has 3 rings (SSSR count). The van der Waals surface area contributed by atoms with Crippen molar-refractivity contribution in [2.24, 2.45) is 0 Å². The van der Waals surface area contributed by atoms with Crippen LogP contribution >= 0.6 is 0 Å². The Morgan fingerprint density at radius 3 is 2.25 bits per heavy atom. The molecule has 0 aliphatic carbocycles. The summed E-state index contributed by atoms with van der Waals surface area (Å²) in [7, 11) is 0. The summed E-state index contributed by atoms with van der Waals surface area (Å²) in [5, 5.41) is 4.92. The van der Waals surface area contributed by atoms with Crippen LogP contribution in [0.15, 0.2) is 59.8 Å². The number of hydrogen-bond donors (Lipinski definition) is 2. The molecule has 122 valence electrons. The minimum Gasteiger partial charge on any atom is -0.327 e. The summed E-state index contributed by atoms with van der Waals surface area (Å²) in [4.78, 5) is 24.6. The molecule has 0 saturated carbocycles. The van der Waals surface area contributed by atoms with Crippen molar-refractivity contribution >= 4 is 11.8 Å². The number of halogens is 2. The number of allylic oxidation sites excluding steroid dienone is 1. The Morgan fingerprint density at radius 2 is 1.62 bits per heavy atom. The smallest absolute Gasteiger partial charge is 0.319 e. The topological polar surface area (TPSA) is 58.2 Å². The van der Waals surface area contributed by atoms with Crippen molar-refractivity contribution in [2.45, 2.75) is 13.0 Å². The molecule has 1 aliphatic rings. The van der Waals surface area contributed by atoms with Gasteiger partial charge in [-0.25, -0.2) is 13.6 Å². The van der Waals surface area contributed by atoms with E-state index < -0.39 is 29.5 Å². The third-order valence-corrected chi connectivity index (χ3v) is 3.84. The van der Waals surface area contributed by atoms with Crippen LogP contribution in [-0.4, -0.2) is 11.8 Å². The first-order valence-electron chi connectivity index (χ1n) is 7.31. The first-order valence-corrected chi connectivity index (χ1v) is 7.31. The zero-order valence-corrected chi connectivity index (χ0v) is 12.8. The number of ketones is 1. The molecule has 1 heterocycles. The van der Waals surface area contributed by atoms with E-state index in [1.165, 1.54) is 13.0 Å². The van der Waals surface area contributed by atoms with Gasteiger partial charge in [-0.1, -0.05) is 36.4 Å². The van der Waals surface area contributed by atoms with E-state index in [1.807, 2.05) is 0 Å². The van der Waals surface area contributed by atoms with Gasteiger partial charge >= 0.3 is 6.03 Å². The summed E-state index contributed by atoms with van der Waals surface area (Å²) in [5.74, 6) is -2.06. The van der Waals surface area contributed by atoms with Gasteiger partial charge in [0, 0.05) is 16.8 Å². The fourth-order valence-corrected chi connectivity index (χ4v) is 2.74. The largest absolute Gasteiger partial charge is 0.327 e. The van der Waals surface area contributed by atoms with Crippen molar-refractivity contribution in [3.8, 4) is 0 Å². The standard InChI is InChI=1S/C18H14F2N2O2/c1-10-14(17(23)11-6-3-2-4-7-11)16(22-18(24)21-10)15-12(19)8-5-9-13(15)20/h2-9,16H,1H3,(H2,21,22,24)/t16-/m1/s1. The molecule has 0 saturated heterocycles. The summed E-state index contributed by atoms with van der Waals surface area (Å²) >= 11 is 0. The average Bonchev–Trinajstić information content (AvgIpc) is 2.54. The molecule has 0 radical (unpaired) electrons. The van der Waals surface area contributed by atoms with Crippen LogP contribution in [0.2, 0.25) is 0 Å². The van der Waals surface area contributed by atoms with Crippen LogP contribution in [0, 0.1) is 11.6 Å². The van der Waals surface area contributed by atoms with E-state index >= 15 is 0 Å². The van der Waals surface area contributed by atoms with E-state index in [2.05, 4.69) is 10.6 Å². The monoisotopic (exact) mass is 328 g/mol. The molecule has 0 bridgehead atoms. The van der Waals surface area contributed by atoms with Crippen LogP contribution in [0.1, 0.15) is 28.9 Å². The zero-order valence-electron chi connectivity index (χ0n) is 12.8. The van der Waals surface area contributed by atoms with E-state index in [9.17, 15) is 18.4 Å². The van der Waals surface area contributed by atoms with Gasteiger partial charge in [-0.3, -0.25) is 4.79 Å². The van der Waals surface area contributed by atoms with Gasteiger partial charge in [-0.2, -0.15) is 0 Å². The molecule has 2 amide bonds. The number of carbonyl (C=O) groups excluding carboxylic acids is 2. The molecule has 0 aromatic heterocycles. The lowest BCUT2D eigenvalue weighted by Crippen LogP contribution is -2.45. The number of hydrogen-bond acceptors (Lipinski definition) is 2. The third kappa shape index (κ3) is 2.78. The predicted molar refractivity (Wildman–Crippen MR) is 84.2 cm³/mol. The second-order valence-electron chi connectivity index (χ2n) is 5.40. The number of carbonyl (C=O) groups is 2. The van der Waals surface area contributed by atoms with Crippen molar-refractivity contribution in [3.63, 3.8) is 0 Å². The maximum Gasteiger partial charge on any atom is 0.319 e. The highest BCUT2D eigenvalue weighted by Gasteiger charge is 2.34. The molecular formula is C18H14F2N2O2. The highest BCUT2D eigenvalue weighted by atomic mass is 19.1. The highest BCUT2D eigenvalue weighted by molar-refractivity contribution is 6.11. The van der Waals surface area contributed by atoms with Crippen LogP contribution < -0.4 is 10.6 Å². The molecule has 2 aromatic rings. The van der Waals surface area contributed by atoms with Gasteiger partial charge in [0.15, 0.2) is 5.78 Å². The quantitative estimate of drug-likeness (QED) is 0.848. The lowest BCUT2D eigenvalue weighted by atomic mass is 9.89. The van der Waals surface area contributed by atoms with E-state index in [0.717, 1.165) is 12.1 Å². The van der Waals surface area contributed by atoms with Gasteiger partial charge in [-0.05, 0) is 19.1 Å². The minimum atomic E-state index is -1.20. The molecule has 2 N–H and O–H groups in total. The second-order valence-corrected chi connectivity index (χ2v) is 5.40. The van der Waals surface area contributed by atoms with Crippen molar-refractivity contribution < 1.29 is 18.4 Å². The number of nitrogens with one attached hydrogen (secondary N) is 2. The van der Waals surface area contributed by atoms with Gasteiger partial charge in [0.2, 0.25) is 0 Å². The van der Waals surface area contributed by atoms with Crippen LogP contribution in [0.4, 0.5) is 13.6 Å². The Bertz CT molecular complexity index is 827. The van der Waals surface area contributed by atoms with Crippen molar-refractivity contribution in [1.82, 2.24) is 10.6 Å². The van der Waals surface area contributed by atoms with Gasteiger partial charge < -0.3 is 10.6 Å². The number of amides is 2. The summed E-state index contributed by atoms with van der Waals surface area (Å²) in [6, 6.07) is 9.94. The first-order chi connectivity index (χ1) is 11.5. The van der Waals surface area contributed by atoms with Crippen LogP contribution in [0.5, 0.6) is 0 Å². The predicted octanol–water partition coefficient (Wildman–Crippen LogP) is 3.48. The third-order valence-electron chi connectivity index (χ3n) is 3.84. The molecule has 0 unspecified atom stereocenters. The molecule has 6 heteroatoms. The second kappa shape index (κ2) is 6.23.